The van der Waals surface area contributed by atoms with Crippen LogP contribution in [0.1, 0.15) is 11.9 Å². The van der Waals surface area contributed by atoms with Crippen molar-refractivity contribution in [3.63, 3.8) is 0 Å². The Hall–Kier alpha value is -0.510. The molecule has 0 N–H and O–H groups in total. The van der Waals surface area contributed by atoms with Crippen molar-refractivity contribution >= 4 is 11.6 Å². The van der Waals surface area contributed by atoms with E-state index in [4.69, 9.17) is 25.5 Å². The molecule has 0 unspecified atom stereocenters. The summed E-state index contributed by atoms with van der Waals surface area (Å²) in [4.78, 5) is 0. The number of ether oxygens (including phenoxy) is 2. The molecule has 66 valence electrons. The second kappa shape index (κ2) is 3.47. The fourth-order valence-electron chi connectivity index (χ4n) is 1.11. The van der Waals surface area contributed by atoms with Crippen LogP contribution in [-0.2, 0) is 9.47 Å². The molecule has 0 aromatic carbocycles. The maximum atomic E-state index is 5.61. The summed E-state index contributed by atoms with van der Waals surface area (Å²) < 4.78 is 15.7. The van der Waals surface area contributed by atoms with Crippen LogP contribution in [0, 0.1) is 0 Å². The van der Waals surface area contributed by atoms with Crippen LogP contribution in [-0.4, -0.2) is 18.6 Å². The predicted octanol–water partition coefficient (Wildman–Crippen LogP) is 1.93. The Morgan fingerprint density at radius 1 is 1.58 bits per heavy atom. The zero-order chi connectivity index (χ0) is 8.39. The topological polar surface area (TPSA) is 31.6 Å². The molecule has 0 radical (unpaired) electrons. The molecule has 1 aliphatic rings. The van der Waals surface area contributed by atoms with Crippen molar-refractivity contribution in [2.24, 2.45) is 0 Å². The third-order valence-corrected chi connectivity index (χ3v) is 2.08. The van der Waals surface area contributed by atoms with E-state index in [1.165, 1.54) is 0 Å². The van der Waals surface area contributed by atoms with Crippen LogP contribution in [0.5, 0.6) is 0 Å². The summed E-state index contributed by atoms with van der Waals surface area (Å²) in [5.41, 5.74) is 0.905. The molecule has 1 aliphatic heterocycles. The first-order valence-corrected chi connectivity index (χ1v) is 4.28. The van der Waals surface area contributed by atoms with Crippen molar-refractivity contribution in [2.75, 3.05) is 12.5 Å². The highest BCUT2D eigenvalue weighted by atomic mass is 35.5. The second-order valence-corrected chi connectivity index (χ2v) is 2.94. The van der Waals surface area contributed by atoms with E-state index in [9.17, 15) is 0 Å². The van der Waals surface area contributed by atoms with Gasteiger partial charge in [-0.3, -0.25) is 0 Å². The Bertz CT molecular complexity index is 234. The van der Waals surface area contributed by atoms with Gasteiger partial charge in [0.2, 0.25) is 0 Å². The Labute approximate surface area is 75.2 Å². The molecule has 12 heavy (non-hydrogen) atoms. The molecule has 3 nitrogen and oxygen atoms in total. The lowest BCUT2D eigenvalue weighted by molar-refractivity contribution is -0.0570. The summed E-state index contributed by atoms with van der Waals surface area (Å²) in [5, 5.41) is 0. The van der Waals surface area contributed by atoms with Gasteiger partial charge >= 0.3 is 0 Å². The molecule has 4 heteroatoms. The Morgan fingerprint density at radius 3 is 3.08 bits per heavy atom. The normalized spacial score (nSPS) is 29.4. The van der Waals surface area contributed by atoms with Crippen molar-refractivity contribution in [1.82, 2.24) is 0 Å². The van der Waals surface area contributed by atoms with Crippen LogP contribution in [0.15, 0.2) is 23.0 Å². The van der Waals surface area contributed by atoms with Crippen molar-refractivity contribution in [2.45, 2.75) is 12.4 Å². The third-order valence-electron chi connectivity index (χ3n) is 1.74. The average molecular weight is 189 g/mol. The minimum Gasteiger partial charge on any atom is -0.472 e. The van der Waals surface area contributed by atoms with Gasteiger partial charge in [-0.15, -0.1) is 11.6 Å². The number of rotatable bonds is 2. The molecule has 0 bridgehead atoms. The smallest absolute Gasteiger partial charge is 0.187 e. The van der Waals surface area contributed by atoms with Gasteiger partial charge in [0.15, 0.2) is 6.29 Å². The number of alkyl halides is 1. The van der Waals surface area contributed by atoms with E-state index >= 15 is 0 Å². The summed E-state index contributed by atoms with van der Waals surface area (Å²) in [6, 6.07) is 1.82. The van der Waals surface area contributed by atoms with E-state index in [0.29, 0.717) is 12.5 Å². The van der Waals surface area contributed by atoms with Gasteiger partial charge in [0.05, 0.1) is 31.1 Å². The highest BCUT2D eigenvalue weighted by Gasteiger charge is 2.26. The number of hydrogen-bond acceptors (Lipinski definition) is 3. The molecular weight excluding hydrogens is 180 g/mol. The summed E-state index contributed by atoms with van der Waals surface area (Å²) in [7, 11) is 0. The minimum absolute atomic E-state index is 0.00608. The molecule has 2 heterocycles. The maximum absolute atomic E-state index is 5.61. The molecule has 0 saturated carbocycles. The lowest BCUT2D eigenvalue weighted by Gasteiger charge is -2.06. The first-order valence-electron chi connectivity index (χ1n) is 3.75. The molecule has 1 saturated heterocycles. The first kappa shape index (κ1) is 8.10. The summed E-state index contributed by atoms with van der Waals surface area (Å²) in [5.74, 6) is 0.467. The minimum atomic E-state index is -0.299. The van der Waals surface area contributed by atoms with Crippen molar-refractivity contribution in [1.29, 1.82) is 0 Å². The zero-order valence-electron chi connectivity index (χ0n) is 6.40. The first-order chi connectivity index (χ1) is 5.90. The van der Waals surface area contributed by atoms with E-state index in [1.807, 2.05) is 6.07 Å². The summed E-state index contributed by atoms with van der Waals surface area (Å²) in [6.07, 6.45) is 2.91. The number of halogens is 1. The Morgan fingerprint density at radius 2 is 2.50 bits per heavy atom. The highest BCUT2D eigenvalue weighted by Crippen LogP contribution is 2.27. The van der Waals surface area contributed by atoms with Gasteiger partial charge in [0.1, 0.15) is 0 Å². The highest BCUT2D eigenvalue weighted by molar-refractivity contribution is 6.18. The van der Waals surface area contributed by atoms with Crippen molar-refractivity contribution < 1.29 is 13.9 Å². The SMILES string of the molecule is ClC[C@@H]1CO[C@@H](c2ccoc2)O1. The standard InChI is InChI=1S/C8H9ClO3/c9-3-7-5-11-8(12-7)6-1-2-10-4-6/h1-2,4,7-8H,3,5H2/t7-,8-/m1/s1. The molecule has 2 rings (SSSR count). The lowest BCUT2D eigenvalue weighted by atomic mass is 10.3. The van der Waals surface area contributed by atoms with Gasteiger partial charge in [-0.25, -0.2) is 0 Å². The van der Waals surface area contributed by atoms with Crippen LogP contribution in [0.4, 0.5) is 0 Å². The van der Waals surface area contributed by atoms with Crippen molar-refractivity contribution in [3.8, 4) is 0 Å². The third kappa shape index (κ3) is 1.48. The fourth-order valence-corrected chi connectivity index (χ4v) is 1.27. The van der Waals surface area contributed by atoms with Crippen LogP contribution < -0.4 is 0 Å². The molecule has 1 aromatic heterocycles. The van der Waals surface area contributed by atoms with Gasteiger partial charge in [-0.05, 0) is 6.07 Å². The largest absolute Gasteiger partial charge is 0.472 e. The quantitative estimate of drug-likeness (QED) is 0.665. The lowest BCUT2D eigenvalue weighted by Crippen LogP contribution is -2.10. The van der Waals surface area contributed by atoms with E-state index in [0.717, 1.165) is 5.56 Å². The second-order valence-electron chi connectivity index (χ2n) is 2.63. The predicted molar refractivity (Wildman–Crippen MR) is 43.0 cm³/mol. The van der Waals surface area contributed by atoms with Crippen LogP contribution in [0.25, 0.3) is 0 Å². The van der Waals surface area contributed by atoms with Crippen molar-refractivity contribution in [3.05, 3.63) is 24.2 Å². The zero-order valence-corrected chi connectivity index (χ0v) is 7.16. The fraction of sp³-hybridized carbons (Fsp3) is 0.500. The molecule has 0 amide bonds. The monoisotopic (exact) mass is 188 g/mol. The molecule has 2 atom stereocenters. The number of furan rings is 1. The van der Waals surface area contributed by atoms with Gasteiger partial charge in [0, 0.05) is 5.56 Å². The summed E-state index contributed by atoms with van der Waals surface area (Å²) >= 11 is 5.61. The Balaban J connectivity index is 2.00. The van der Waals surface area contributed by atoms with E-state index in [2.05, 4.69) is 0 Å². The van der Waals surface area contributed by atoms with Gasteiger partial charge < -0.3 is 13.9 Å². The van der Waals surface area contributed by atoms with E-state index < -0.39 is 0 Å². The summed E-state index contributed by atoms with van der Waals surface area (Å²) in [6.45, 7) is 0.555. The molecule has 1 aromatic rings. The molecule has 0 spiro atoms. The van der Waals surface area contributed by atoms with Crippen LogP contribution in [0.3, 0.4) is 0 Å². The Kier molecular flexibility index (Phi) is 2.35. The molecule has 0 aliphatic carbocycles. The van der Waals surface area contributed by atoms with Gasteiger partial charge in [-0.2, -0.15) is 0 Å². The van der Waals surface area contributed by atoms with E-state index in [-0.39, 0.29) is 12.4 Å². The van der Waals surface area contributed by atoms with Crippen LogP contribution in [0.2, 0.25) is 0 Å². The maximum Gasteiger partial charge on any atom is 0.187 e. The van der Waals surface area contributed by atoms with Gasteiger partial charge in [-0.1, -0.05) is 0 Å². The molecular formula is C8H9ClO3. The molecule has 1 fully saturated rings. The number of hydrogen-bond donors (Lipinski definition) is 0. The average Bonchev–Trinajstić information content (AvgIpc) is 2.75. The van der Waals surface area contributed by atoms with E-state index in [1.54, 1.807) is 12.5 Å². The van der Waals surface area contributed by atoms with Gasteiger partial charge in [0.25, 0.3) is 0 Å². The van der Waals surface area contributed by atoms with Crippen LogP contribution >= 0.6 is 11.6 Å².